The van der Waals surface area contributed by atoms with E-state index in [2.05, 4.69) is 21.3 Å². The first kappa shape index (κ1) is 12.1. The van der Waals surface area contributed by atoms with Crippen LogP contribution in [0.3, 0.4) is 0 Å². The lowest BCUT2D eigenvalue weighted by atomic mass is 10.2. The Morgan fingerprint density at radius 1 is 1.47 bits per heavy atom. The van der Waals surface area contributed by atoms with E-state index < -0.39 is 0 Å². The average molecular weight is 250 g/mol. The molecule has 0 fully saturated rings. The molecule has 5 heteroatoms. The monoisotopic (exact) mass is 250 g/mol. The Morgan fingerprint density at radius 2 is 2.24 bits per heavy atom. The summed E-state index contributed by atoms with van der Waals surface area (Å²) >= 11 is 1.68. The molecule has 1 heterocycles. The summed E-state index contributed by atoms with van der Waals surface area (Å²) < 4.78 is 1.16. The van der Waals surface area contributed by atoms with E-state index in [4.69, 9.17) is 5.73 Å². The molecule has 17 heavy (non-hydrogen) atoms. The summed E-state index contributed by atoms with van der Waals surface area (Å²) in [6.07, 6.45) is 0. The number of aromatic nitrogens is 1. The number of nitrogen functional groups attached to an aromatic ring is 1. The van der Waals surface area contributed by atoms with Crippen molar-refractivity contribution in [1.29, 1.82) is 0 Å². The maximum atomic E-state index is 6.09. The number of nitrogens with two attached hydrogens (primary N) is 1. The largest absolute Gasteiger partial charge is 0.397 e. The molecular formula is C12H18N4S. The highest BCUT2D eigenvalue weighted by molar-refractivity contribution is 7.18. The summed E-state index contributed by atoms with van der Waals surface area (Å²) in [5.74, 6) is 0. The van der Waals surface area contributed by atoms with Crippen LogP contribution in [0.4, 0.5) is 11.4 Å². The summed E-state index contributed by atoms with van der Waals surface area (Å²) in [6.45, 7) is 3.88. The van der Waals surface area contributed by atoms with E-state index >= 15 is 0 Å². The summed E-state index contributed by atoms with van der Waals surface area (Å²) in [4.78, 5) is 6.65. The Morgan fingerprint density at radius 3 is 2.94 bits per heavy atom. The van der Waals surface area contributed by atoms with Gasteiger partial charge < -0.3 is 16.0 Å². The van der Waals surface area contributed by atoms with Crippen molar-refractivity contribution in [3.05, 3.63) is 17.1 Å². The lowest BCUT2D eigenvalue weighted by Crippen LogP contribution is -2.27. The molecule has 92 valence electrons. The van der Waals surface area contributed by atoms with Gasteiger partial charge in [0.2, 0.25) is 0 Å². The third-order valence-corrected chi connectivity index (χ3v) is 3.69. The number of hydrogen-bond acceptors (Lipinski definition) is 5. The number of aryl methyl sites for hydroxylation is 1. The third kappa shape index (κ3) is 2.50. The Balaban J connectivity index is 2.36. The highest BCUT2D eigenvalue weighted by atomic mass is 32.1. The van der Waals surface area contributed by atoms with Crippen molar-refractivity contribution in [2.24, 2.45) is 0 Å². The molecule has 0 amide bonds. The van der Waals surface area contributed by atoms with Gasteiger partial charge in [-0.2, -0.15) is 0 Å². The Bertz CT molecular complexity index is 520. The Hall–Kier alpha value is -1.33. The van der Waals surface area contributed by atoms with E-state index in [1.807, 2.05) is 27.1 Å². The fraction of sp³-hybridized carbons (Fsp3) is 0.417. The molecular weight excluding hydrogens is 232 g/mol. The average Bonchev–Trinajstić information content (AvgIpc) is 2.64. The van der Waals surface area contributed by atoms with Crippen LogP contribution in [-0.4, -0.2) is 32.2 Å². The van der Waals surface area contributed by atoms with E-state index in [1.54, 1.807) is 11.3 Å². The third-order valence-electron chi connectivity index (χ3n) is 2.75. The highest BCUT2D eigenvalue weighted by Gasteiger charge is 2.09. The number of likely N-dealkylation sites (N-methyl/N-ethyl adjacent to an activating group) is 2. The van der Waals surface area contributed by atoms with Crippen LogP contribution in [-0.2, 0) is 0 Å². The predicted octanol–water partition coefficient (Wildman–Crippen LogP) is 1.84. The zero-order valence-corrected chi connectivity index (χ0v) is 11.3. The van der Waals surface area contributed by atoms with Gasteiger partial charge in [0.15, 0.2) is 0 Å². The summed E-state index contributed by atoms with van der Waals surface area (Å²) in [6, 6.07) is 4.09. The summed E-state index contributed by atoms with van der Waals surface area (Å²) in [5.41, 5.74) is 8.99. The Kier molecular flexibility index (Phi) is 3.49. The van der Waals surface area contributed by atoms with Crippen LogP contribution in [0.15, 0.2) is 12.1 Å². The maximum Gasteiger partial charge on any atom is 0.0907 e. The number of anilines is 2. The fourth-order valence-electron chi connectivity index (χ4n) is 1.82. The van der Waals surface area contributed by atoms with Crippen molar-refractivity contribution < 1.29 is 0 Å². The van der Waals surface area contributed by atoms with Gasteiger partial charge in [0.1, 0.15) is 0 Å². The first-order valence-electron chi connectivity index (χ1n) is 5.64. The van der Waals surface area contributed by atoms with Gasteiger partial charge in [-0.05, 0) is 26.1 Å². The van der Waals surface area contributed by atoms with Gasteiger partial charge in [-0.3, -0.25) is 0 Å². The molecule has 1 aromatic carbocycles. The first-order chi connectivity index (χ1) is 8.11. The second kappa shape index (κ2) is 4.89. The molecule has 0 radical (unpaired) electrons. The fourth-order valence-corrected chi connectivity index (χ4v) is 2.68. The van der Waals surface area contributed by atoms with Crippen LogP contribution in [0.5, 0.6) is 0 Å². The molecule has 2 rings (SSSR count). The number of benzene rings is 1. The van der Waals surface area contributed by atoms with Crippen molar-refractivity contribution in [2.45, 2.75) is 6.92 Å². The number of fused-ring (bicyclic) bond motifs is 1. The minimum atomic E-state index is 0.819. The molecule has 0 bridgehead atoms. The molecule has 1 aromatic heterocycles. The van der Waals surface area contributed by atoms with Crippen LogP contribution >= 0.6 is 11.3 Å². The van der Waals surface area contributed by atoms with Crippen molar-refractivity contribution in [2.75, 3.05) is 37.8 Å². The molecule has 2 aromatic rings. The first-order valence-corrected chi connectivity index (χ1v) is 6.46. The second-order valence-corrected chi connectivity index (χ2v) is 5.37. The van der Waals surface area contributed by atoms with E-state index in [9.17, 15) is 0 Å². The summed E-state index contributed by atoms with van der Waals surface area (Å²) in [7, 11) is 4.00. The number of rotatable bonds is 4. The van der Waals surface area contributed by atoms with Crippen LogP contribution in [0.1, 0.15) is 5.01 Å². The molecule has 0 atom stereocenters. The molecule has 0 spiro atoms. The molecule has 0 aliphatic carbocycles. The lowest BCUT2D eigenvalue weighted by Gasteiger charge is -2.20. The van der Waals surface area contributed by atoms with E-state index in [0.717, 1.165) is 39.7 Å². The van der Waals surface area contributed by atoms with Gasteiger partial charge in [-0.15, -0.1) is 11.3 Å². The second-order valence-electron chi connectivity index (χ2n) is 4.14. The van der Waals surface area contributed by atoms with E-state index in [0.29, 0.717) is 0 Å². The standard InChI is InChI=1S/C12H18N4S/c1-8-15-10-7-11(16(3)5-4-14-2)9(13)6-12(10)17-8/h6-7,14H,4-5,13H2,1-3H3. The van der Waals surface area contributed by atoms with Crippen molar-refractivity contribution in [1.82, 2.24) is 10.3 Å². The van der Waals surface area contributed by atoms with Gasteiger partial charge in [0, 0.05) is 20.1 Å². The molecule has 0 aliphatic rings. The SMILES string of the molecule is CNCCN(C)c1cc2nc(C)sc2cc1N. The van der Waals surface area contributed by atoms with Crippen LogP contribution in [0, 0.1) is 6.92 Å². The van der Waals surface area contributed by atoms with Gasteiger partial charge in [-0.1, -0.05) is 0 Å². The zero-order valence-electron chi connectivity index (χ0n) is 10.4. The summed E-state index contributed by atoms with van der Waals surface area (Å²) in [5, 5.41) is 4.21. The van der Waals surface area contributed by atoms with Gasteiger partial charge in [0.05, 0.1) is 26.6 Å². The molecule has 0 saturated carbocycles. The normalized spacial score (nSPS) is 11.0. The van der Waals surface area contributed by atoms with E-state index in [-0.39, 0.29) is 0 Å². The topological polar surface area (TPSA) is 54.2 Å². The number of hydrogen-bond donors (Lipinski definition) is 2. The van der Waals surface area contributed by atoms with Gasteiger partial charge in [0.25, 0.3) is 0 Å². The molecule has 3 N–H and O–H groups in total. The van der Waals surface area contributed by atoms with Crippen molar-refractivity contribution >= 4 is 32.9 Å². The molecule has 0 unspecified atom stereocenters. The molecule has 0 saturated heterocycles. The van der Waals surface area contributed by atoms with Crippen molar-refractivity contribution in [3.8, 4) is 0 Å². The predicted molar refractivity (Wildman–Crippen MR) is 76.0 cm³/mol. The van der Waals surface area contributed by atoms with E-state index in [1.165, 1.54) is 0 Å². The van der Waals surface area contributed by atoms with Crippen LogP contribution in [0.2, 0.25) is 0 Å². The minimum absolute atomic E-state index is 0.819. The van der Waals surface area contributed by atoms with Crippen molar-refractivity contribution in [3.63, 3.8) is 0 Å². The quantitative estimate of drug-likeness (QED) is 0.813. The zero-order chi connectivity index (χ0) is 12.4. The minimum Gasteiger partial charge on any atom is -0.397 e. The smallest absolute Gasteiger partial charge is 0.0907 e. The van der Waals surface area contributed by atoms with Crippen LogP contribution < -0.4 is 16.0 Å². The van der Waals surface area contributed by atoms with Crippen LogP contribution in [0.25, 0.3) is 10.2 Å². The van der Waals surface area contributed by atoms with Gasteiger partial charge >= 0.3 is 0 Å². The number of thiazole rings is 1. The Labute approximate surface area is 105 Å². The molecule has 4 nitrogen and oxygen atoms in total. The number of nitrogens with one attached hydrogen (secondary N) is 1. The number of nitrogens with zero attached hydrogens (tertiary/aromatic N) is 2. The maximum absolute atomic E-state index is 6.09. The lowest BCUT2D eigenvalue weighted by molar-refractivity contribution is 0.768. The molecule has 0 aliphatic heterocycles. The van der Waals surface area contributed by atoms with Gasteiger partial charge in [-0.25, -0.2) is 4.98 Å². The highest BCUT2D eigenvalue weighted by Crippen LogP contribution is 2.31.